The summed E-state index contributed by atoms with van der Waals surface area (Å²) in [6, 6.07) is 9.61. The molecular formula is C13H19NO3. The number of aliphatic hydroxyl groups excluding tert-OH is 1. The van der Waals surface area contributed by atoms with Crippen LogP contribution in [0.25, 0.3) is 0 Å². The number of carbonyl (C=O) groups excluding carboxylic acids is 1. The van der Waals surface area contributed by atoms with Crippen LogP contribution in [-0.2, 0) is 11.3 Å². The number of alkyl carbamates (subject to hydrolysis) is 1. The highest BCUT2D eigenvalue weighted by molar-refractivity contribution is 5.67. The van der Waals surface area contributed by atoms with Crippen molar-refractivity contribution >= 4 is 6.09 Å². The van der Waals surface area contributed by atoms with Crippen LogP contribution in [0.1, 0.15) is 19.4 Å². The van der Waals surface area contributed by atoms with Crippen molar-refractivity contribution in [3.8, 4) is 0 Å². The summed E-state index contributed by atoms with van der Waals surface area (Å²) < 4.78 is 5.01. The SMILES string of the molecule is CC(C)(CO)COC(=O)NCc1ccccc1. The van der Waals surface area contributed by atoms with E-state index in [9.17, 15) is 4.79 Å². The van der Waals surface area contributed by atoms with Gasteiger partial charge in [0, 0.05) is 12.0 Å². The Kier molecular flexibility index (Phi) is 4.97. The molecule has 4 nitrogen and oxygen atoms in total. The number of amides is 1. The Morgan fingerprint density at radius 2 is 2.00 bits per heavy atom. The fourth-order valence-corrected chi connectivity index (χ4v) is 1.13. The van der Waals surface area contributed by atoms with Crippen LogP contribution < -0.4 is 5.32 Å². The Morgan fingerprint density at radius 3 is 2.59 bits per heavy atom. The molecule has 0 saturated carbocycles. The summed E-state index contributed by atoms with van der Waals surface area (Å²) in [5.74, 6) is 0. The predicted molar refractivity (Wildman–Crippen MR) is 65.5 cm³/mol. The van der Waals surface area contributed by atoms with E-state index in [2.05, 4.69) is 5.32 Å². The van der Waals surface area contributed by atoms with Gasteiger partial charge in [0.05, 0.1) is 6.61 Å². The fraction of sp³-hybridized carbons (Fsp3) is 0.462. The minimum atomic E-state index is -0.463. The van der Waals surface area contributed by atoms with E-state index in [4.69, 9.17) is 9.84 Å². The summed E-state index contributed by atoms with van der Waals surface area (Å²) in [5.41, 5.74) is 0.621. The number of rotatable bonds is 5. The number of ether oxygens (including phenoxy) is 1. The van der Waals surface area contributed by atoms with Crippen LogP contribution in [0.2, 0.25) is 0 Å². The Hall–Kier alpha value is -1.55. The van der Waals surface area contributed by atoms with Gasteiger partial charge in [-0.05, 0) is 5.56 Å². The normalized spacial score (nSPS) is 11.0. The third-order valence-electron chi connectivity index (χ3n) is 2.30. The van der Waals surface area contributed by atoms with Gasteiger partial charge in [0.25, 0.3) is 0 Å². The van der Waals surface area contributed by atoms with E-state index in [-0.39, 0.29) is 13.2 Å². The molecule has 0 aliphatic heterocycles. The minimum Gasteiger partial charge on any atom is -0.449 e. The lowest BCUT2D eigenvalue weighted by molar-refractivity contribution is 0.0608. The Morgan fingerprint density at radius 1 is 1.35 bits per heavy atom. The van der Waals surface area contributed by atoms with Crippen molar-refractivity contribution in [2.45, 2.75) is 20.4 Å². The molecule has 0 spiro atoms. The zero-order chi connectivity index (χ0) is 12.7. The van der Waals surface area contributed by atoms with E-state index in [0.29, 0.717) is 6.54 Å². The average molecular weight is 237 g/mol. The van der Waals surface area contributed by atoms with Crippen LogP contribution in [0.3, 0.4) is 0 Å². The van der Waals surface area contributed by atoms with Gasteiger partial charge in [-0.2, -0.15) is 0 Å². The molecule has 94 valence electrons. The number of carbonyl (C=O) groups is 1. The second kappa shape index (κ2) is 6.25. The van der Waals surface area contributed by atoms with Gasteiger partial charge in [0.2, 0.25) is 0 Å². The Balaban J connectivity index is 2.27. The third-order valence-corrected chi connectivity index (χ3v) is 2.30. The first-order valence-corrected chi connectivity index (χ1v) is 5.59. The number of aliphatic hydroxyl groups is 1. The molecule has 0 unspecified atom stereocenters. The third kappa shape index (κ3) is 5.36. The van der Waals surface area contributed by atoms with Crippen molar-refractivity contribution in [1.29, 1.82) is 0 Å². The van der Waals surface area contributed by atoms with Gasteiger partial charge in [-0.25, -0.2) is 4.79 Å². The smallest absolute Gasteiger partial charge is 0.407 e. The average Bonchev–Trinajstić information content (AvgIpc) is 2.35. The fourth-order valence-electron chi connectivity index (χ4n) is 1.13. The van der Waals surface area contributed by atoms with Gasteiger partial charge >= 0.3 is 6.09 Å². The monoisotopic (exact) mass is 237 g/mol. The highest BCUT2D eigenvalue weighted by Gasteiger charge is 2.18. The maximum absolute atomic E-state index is 11.4. The number of hydrogen-bond acceptors (Lipinski definition) is 3. The van der Waals surface area contributed by atoms with Gasteiger partial charge < -0.3 is 15.2 Å². The summed E-state index contributed by atoms with van der Waals surface area (Å²) in [4.78, 5) is 11.4. The molecule has 0 bridgehead atoms. The van der Waals surface area contributed by atoms with E-state index in [1.54, 1.807) is 0 Å². The number of benzene rings is 1. The van der Waals surface area contributed by atoms with Crippen molar-refractivity contribution in [2.24, 2.45) is 5.41 Å². The zero-order valence-corrected chi connectivity index (χ0v) is 10.3. The van der Waals surface area contributed by atoms with Crippen molar-refractivity contribution in [1.82, 2.24) is 5.32 Å². The lowest BCUT2D eigenvalue weighted by Gasteiger charge is -2.20. The lowest BCUT2D eigenvalue weighted by atomic mass is 9.97. The second-order valence-corrected chi connectivity index (χ2v) is 4.74. The van der Waals surface area contributed by atoms with E-state index in [1.165, 1.54) is 0 Å². The molecule has 4 heteroatoms. The minimum absolute atomic E-state index is 0.0149. The van der Waals surface area contributed by atoms with Gasteiger partial charge in [-0.3, -0.25) is 0 Å². The molecule has 0 aromatic heterocycles. The first-order valence-electron chi connectivity index (χ1n) is 5.59. The van der Waals surface area contributed by atoms with Crippen molar-refractivity contribution < 1.29 is 14.6 Å². The lowest BCUT2D eigenvalue weighted by Crippen LogP contribution is -2.30. The maximum Gasteiger partial charge on any atom is 0.407 e. The maximum atomic E-state index is 11.4. The van der Waals surface area contributed by atoms with Crippen LogP contribution >= 0.6 is 0 Å². The highest BCUT2D eigenvalue weighted by atomic mass is 16.5. The molecular weight excluding hydrogens is 218 g/mol. The molecule has 1 rings (SSSR count). The van der Waals surface area contributed by atoms with Crippen LogP contribution in [0.5, 0.6) is 0 Å². The summed E-state index contributed by atoms with van der Waals surface area (Å²) in [6.07, 6.45) is -0.463. The second-order valence-electron chi connectivity index (χ2n) is 4.74. The first-order chi connectivity index (χ1) is 8.03. The molecule has 0 heterocycles. The van der Waals surface area contributed by atoms with Crippen LogP contribution in [0.4, 0.5) is 4.79 Å². The van der Waals surface area contributed by atoms with E-state index in [0.717, 1.165) is 5.56 Å². The first kappa shape index (κ1) is 13.5. The molecule has 1 aromatic carbocycles. The molecule has 2 N–H and O–H groups in total. The van der Waals surface area contributed by atoms with E-state index in [1.807, 2.05) is 44.2 Å². The summed E-state index contributed by atoms with van der Waals surface area (Å²) in [5, 5.41) is 11.7. The summed E-state index contributed by atoms with van der Waals surface area (Å²) >= 11 is 0. The zero-order valence-electron chi connectivity index (χ0n) is 10.3. The molecule has 0 aliphatic carbocycles. The molecule has 17 heavy (non-hydrogen) atoms. The van der Waals surface area contributed by atoms with Crippen LogP contribution in [0, 0.1) is 5.41 Å². The molecule has 0 radical (unpaired) electrons. The van der Waals surface area contributed by atoms with Gasteiger partial charge in [0.15, 0.2) is 0 Å². The highest BCUT2D eigenvalue weighted by Crippen LogP contribution is 2.13. The topological polar surface area (TPSA) is 58.6 Å². The van der Waals surface area contributed by atoms with Gasteiger partial charge in [-0.15, -0.1) is 0 Å². The van der Waals surface area contributed by atoms with E-state index < -0.39 is 11.5 Å². The van der Waals surface area contributed by atoms with Gasteiger partial charge in [0.1, 0.15) is 6.61 Å². The molecule has 0 atom stereocenters. The molecule has 0 fully saturated rings. The van der Waals surface area contributed by atoms with Gasteiger partial charge in [-0.1, -0.05) is 44.2 Å². The Bertz CT molecular complexity index is 349. The Labute approximate surface area is 102 Å². The molecule has 0 saturated heterocycles. The molecule has 1 aromatic rings. The number of hydrogen-bond donors (Lipinski definition) is 2. The van der Waals surface area contributed by atoms with Crippen molar-refractivity contribution in [3.05, 3.63) is 35.9 Å². The summed E-state index contributed by atoms with van der Waals surface area (Å²) in [6.45, 7) is 4.29. The van der Waals surface area contributed by atoms with Crippen molar-refractivity contribution in [2.75, 3.05) is 13.2 Å². The predicted octanol–water partition coefficient (Wildman–Crippen LogP) is 1.93. The van der Waals surface area contributed by atoms with Crippen LogP contribution in [0.15, 0.2) is 30.3 Å². The quantitative estimate of drug-likeness (QED) is 0.822. The number of nitrogens with one attached hydrogen (secondary N) is 1. The standard InChI is InChI=1S/C13H19NO3/c1-13(2,9-15)10-17-12(16)14-8-11-6-4-3-5-7-11/h3-7,15H,8-10H2,1-2H3,(H,14,16). The summed E-state index contributed by atoms with van der Waals surface area (Å²) in [7, 11) is 0. The largest absolute Gasteiger partial charge is 0.449 e. The molecule has 1 amide bonds. The van der Waals surface area contributed by atoms with E-state index >= 15 is 0 Å². The van der Waals surface area contributed by atoms with Crippen LogP contribution in [-0.4, -0.2) is 24.4 Å². The molecule has 0 aliphatic rings. The van der Waals surface area contributed by atoms with Crippen molar-refractivity contribution in [3.63, 3.8) is 0 Å².